The van der Waals surface area contributed by atoms with Gasteiger partial charge in [-0.2, -0.15) is 0 Å². The lowest BCUT2D eigenvalue weighted by Crippen LogP contribution is -2.42. The molecule has 1 saturated heterocycles. The van der Waals surface area contributed by atoms with Crippen molar-refractivity contribution >= 4 is 11.6 Å². The van der Waals surface area contributed by atoms with Gasteiger partial charge >= 0.3 is 0 Å². The molecule has 0 spiro atoms. The number of hydrogen-bond acceptors (Lipinski definition) is 2. The number of likely N-dealkylation sites (tertiary alicyclic amines) is 1. The number of aromatic nitrogens is 2. The van der Waals surface area contributed by atoms with Crippen LogP contribution in [0.2, 0.25) is 0 Å². The molecule has 1 aliphatic rings. The van der Waals surface area contributed by atoms with Crippen LogP contribution in [0.4, 0.5) is 0 Å². The van der Waals surface area contributed by atoms with Gasteiger partial charge in [0.25, 0.3) is 5.91 Å². The summed E-state index contributed by atoms with van der Waals surface area (Å²) in [7, 11) is 0. The topological polar surface area (TPSA) is 37.6 Å². The molecule has 0 aliphatic carbocycles. The first-order valence-electron chi connectivity index (χ1n) is 9.41. The third-order valence-electron chi connectivity index (χ3n) is 5.36. The summed E-state index contributed by atoms with van der Waals surface area (Å²) in [6.45, 7) is 7.09. The predicted octanol–water partition coefficient (Wildman–Crippen LogP) is 4.63. The lowest BCUT2D eigenvalue weighted by molar-refractivity contribution is 0.0629. The second kappa shape index (κ2) is 6.60. The number of benzene rings is 1. The van der Waals surface area contributed by atoms with Crippen LogP contribution in [-0.2, 0) is 0 Å². The number of rotatable bonds is 2. The minimum Gasteiger partial charge on any atom is -0.335 e. The maximum absolute atomic E-state index is 13.5. The number of piperidine rings is 1. The van der Waals surface area contributed by atoms with E-state index in [0.29, 0.717) is 5.69 Å². The fraction of sp³-hybridized carbons (Fsp3) is 0.364. The Labute approximate surface area is 154 Å². The largest absolute Gasteiger partial charge is 0.335 e. The van der Waals surface area contributed by atoms with E-state index in [-0.39, 0.29) is 11.9 Å². The average Bonchev–Trinajstić information content (AvgIpc) is 3.00. The van der Waals surface area contributed by atoms with E-state index in [1.165, 1.54) is 12.0 Å². The van der Waals surface area contributed by atoms with Gasteiger partial charge in [0, 0.05) is 24.3 Å². The van der Waals surface area contributed by atoms with Crippen LogP contribution in [0.3, 0.4) is 0 Å². The first-order valence-corrected chi connectivity index (χ1v) is 9.41. The van der Waals surface area contributed by atoms with Crippen molar-refractivity contribution in [2.75, 3.05) is 6.54 Å². The summed E-state index contributed by atoms with van der Waals surface area (Å²) in [4.78, 5) is 20.4. The fourth-order valence-corrected chi connectivity index (χ4v) is 3.80. The highest BCUT2D eigenvalue weighted by Gasteiger charge is 2.29. The van der Waals surface area contributed by atoms with E-state index in [2.05, 4.69) is 38.1 Å². The number of fused-ring (bicyclic) bond motifs is 1. The van der Waals surface area contributed by atoms with Gasteiger partial charge in [-0.3, -0.25) is 9.20 Å². The molecule has 0 saturated carbocycles. The van der Waals surface area contributed by atoms with E-state index in [0.717, 1.165) is 41.9 Å². The van der Waals surface area contributed by atoms with Gasteiger partial charge < -0.3 is 4.90 Å². The summed E-state index contributed by atoms with van der Waals surface area (Å²) in [6.07, 6.45) is 5.36. The summed E-state index contributed by atoms with van der Waals surface area (Å²) < 4.78 is 1.97. The van der Waals surface area contributed by atoms with Crippen molar-refractivity contribution in [2.45, 2.75) is 46.1 Å². The van der Waals surface area contributed by atoms with E-state index in [1.807, 2.05) is 34.6 Å². The molecule has 1 aliphatic heterocycles. The lowest BCUT2D eigenvalue weighted by Gasteiger charge is -2.33. The van der Waals surface area contributed by atoms with Gasteiger partial charge in [-0.05, 0) is 51.7 Å². The highest BCUT2D eigenvalue weighted by molar-refractivity contribution is 6.00. The molecule has 1 aromatic carbocycles. The maximum Gasteiger partial charge on any atom is 0.273 e. The quantitative estimate of drug-likeness (QED) is 0.678. The molecule has 4 heteroatoms. The van der Waals surface area contributed by atoms with Crippen molar-refractivity contribution in [1.82, 2.24) is 14.3 Å². The molecular weight excluding hydrogens is 322 g/mol. The Morgan fingerprint density at radius 2 is 1.77 bits per heavy atom. The number of aryl methyl sites for hydroxylation is 2. The second-order valence-electron chi connectivity index (χ2n) is 7.45. The highest BCUT2D eigenvalue weighted by Crippen LogP contribution is 2.28. The van der Waals surface area contributed by atoms with Gasteiger partial charge in [0.2, 0.25) is 0 Å². The van der Waals surface area contributed by atoms with Crippen molar-refractivity contribution in [3.05, 3.63) is 59.4 Å². The monoisotopic (exact) mass is 347 g/mol. The number of nitrogens with zero attached hydrogens (tertiary/aromatic N) is 3. The molecule has 0 radical (unpaired) electrons. The van der Waals surface area contributed by atoms with Gasteiger partial charge in [0.15, 0.2) is 0 Å². The molecule has 0 bridgehead atoms. The van der Waals surface area contributed by atoms with Crippen LogP contribution in [0.5, 0.6) is 0 Å². The molecule has 3 aromatic rings. The lowest BCUT2D eigenvalue weighted by atomic mass is 10.0. The fourth-order valence-electron chi connectivity index (χ4n) is 3.80. The van der Waals surface area contributed by atoms with Crippen LogP contribution in [0, 0.1) is 13.8 Å². The smallest absolute Gasteiger partial charge is 0.273 e. The molecule has 26 heavy (non-hydrogen) atoms. The van der Waals surface area contributed by atoms with Crippen molar-refractivity contribution < 1.29 is 4.79 Å². The van der Waals surface area contributed by atoms with Crippen molar-refractivity contribution in [1.29, 1.82) is 0 Å². The van der Waals surface area contributed by atoms with Gasteiger partial charge in [0.1, 0.15) is 17.0 Å². The van der Waals surface area contributed by atoms with Crippen molar-refractivity contribution in [3.8, 4) is 11.3 Å². The van der Waals surface area contributed by atoms with Gasteiger partial charge in [-0.1, -0.05) is 35.9 Å². The molecule has 3 heterocycles. The minimum atomic E-state index is 0.0888. The zero-order valence-corrected chi connectivity index (χ0v) is 15.7. The Morgan fingerprint density at radius 3 is 2.50 bits per heavy atom. The summed E-state index contributed by atoms with van der Waals surface area (Å²) in [5.74, 6) is 0.0888. The summed E-state index contributed by atoms with van der Waals surface area (Å²) in [5.41, 5.74) is 5.58. The van der Waals surface area contributed by atoms with E-state index in [1.54, 1.807) is 0 Å². The second-order valence-corrected chi connectivity index (χ2v) is 7.45. The Balaban J connectivity index is 1.90. The SMILES string of the molecule is Cc1ccc(-c2nc3ccc(C)cn3c2C(=O)N2CCCCC2C)cc1. The third kappa shape index (κ3) is 2.90. The third-order valence-corrected chi connectivity index (χ3v) is 5.36. The molecular formula is C22H25N3O. The standard InChI is InChI=1S/C22H25N3O/c1-15-7-10-18(11-8-15)20-21(22(26)24-13-5-4-6-17(24)3)25-14-16(2)9-12-19(25)23-20/h7-12,14,17H,4-6,13H2,1-3H3. The average molecular weight is 347 g/mol. The minimum absolute atomic E-state index is 0.0888. The number of amides is 1. The van der Waals surface area contributed by atoms with E-state index < -0.39 is 0 Å². The molecule has 4 nitrogen and oxygen atoms in total. The van der Waals surface area contributed by atoms with Crippen LogP contribution < -0.4 is 0 Å². The predicted molar refractivity (Wildman–Crippen MR) is 104 cm³/mol. The van der Waals surface area contributed by atoms with Crippen LogP contribution in [0.15, 0.2) is 42.6 Å². The summed E-state index contributed by atoms with van der Waals surface area (Å²) in [5, 5.41) is 0. The van der Waals surface area contributed by atoms with Gasteiger partial charge in [-0.15, -0.1) is 0 Å². The summed E-state index contributed by atoms with van der Waals surface area (Å²) in [6, 6.07) is 12.6. The Hall–Kier alpha value is -2.62. The van der Waals surface area contributed by atoms with Crippen LogP contribution in [0.25, 0.3) is 16.9 Å². The number of carbonyl (C=O) groups is 1. The van der Waals surface area contributed by atoms with E-state index in [4.69, 9.17) is 4.98 Å². The van der Waals surface area contributed by atoms with E-state index >= 15 is 0 Å². The molecule has 134 valence electrons. The van der Waals surface area contributed by atoms with Gasteiger partial charge in [-0.25, -0.2) is 4.98 Å². The Bertz CT molecular complexity index is 955. The molecule has 1 atom stereocenters. The zero-order valence-electron chi connectivity index (χ0n) is 15.7. The molecule has 1 amide bonds. The molecule has 0 N–H and O–H groups in total. The molecule has 1 fully saturated rings. The highest BCUT2D eigenvalue weighted by atomic mass is 16.2. The van der Waals surface area contributed by atoms with Crippen LogP contribution in [0.1, 0.15) is 47.8 Å². The Morgan fingerprint density at radius 1 is 1.04 bits per heavy atom. The normalized spacial score (nSPS) is 17.7. The van der Waals surface area contributed by atoms with Crippen molar-refractivity contribution in [3.63, 3.8) is 0 Å². The first kappa shape index (κ1) is 16.8. The number of imidazole rings is 1. The maximum atomic E-state index is 13.5. The number of hydrogen-bond donors (Lipinski definition) is 0. The molecule has 4 rings (SSSR count). The van der Waals surface area contributed by atoms with Crippen LogP contribution >= 0.6 is 0 Å². The Kier molecular flexibility index (Phi) is 4.27. The van der Waals surface area contributed by atoms with E-state index in [9.17, 15) is 4.79 Å². The number of pyridine rings is 1. The summed E-state index contributed by atoms with van der Waals surface area (Å²) >= 11 is 0. The molecule has 2 aromatic heterocycles. The van der Waals surface area contributed by atoms with Crippen LogP contribution in [-0.4, -0.2) is 32.8 Å². The first-order chi connectivity index (χ1) is 12.5. The van der Waals surface area contributed by atoms with Crippen molar-refractivity contribution in [2.24, 2.45) is 0 Å². The molecule has 1 unspecified atom stereocenters. The zero-order chi connectivity index (χ0) is 18.3. The van der Waals surface area contributed by atoms with Gasteiger partial charge in [0.05, 0.1) is 0 Å². The number of carbonyl (C=O) groups excluding carboxylic acids is 1.